The molecule has 0 spiro atoms. The summed E-state index contributed by atoms with van der Waals surface area (Å²) in [6.07, 6.45) is 1.64. The third-order valence-electron chi connectivity index (χ3n) is 7.15. The number of methoxy groups -OCH3 is 1. The molecule has 6 rings (SSSR count). The Kier molecular flexibility index (Phi) is 6.06. The molecule has 0 N–H and O–H groups in total. The molecule has 0 saturated carbocycles. The van der Waals surface area contributed by atoms with E-state index in [1.807, 2.05) is 42.5 Å². The number of esters is 1. The molecule has 39 heavy (non-hydrogen) atoms. The third-order valence-corrected chi connectivity index (χ3v) is 7.15. The number of aromatic nitrogens is 1. The standard InChI is InChI=1S/C32H27NO6/c1-18(2)17-33-25-7-5-4-6-20(25)15-24(32(33)36)23-16-28(34)38-26-13-12-22-30(35)27(39-31(22)29(23)26)14-19-8-10-21(37-3)11-9-19/h4-15,18,23H,16-17H2,1-3H3/b27-14-. The summed E-state index contributed by atoms with van der Waals surface area (Å²) in [7, 11) is 1.59. The number of ketones is 1. The number of ether oxygens (including phenoxy) is 3. The highest BCUT2D eigenvalue weighted by atomic mass is 16.5. The Morgan fingerprint density at radius 1 is 1.00 bits per heavy atom. The maximum Gasteiger partial charge on any atom is 0.312 e. The van der Waals surface area contributed by atoms with Crippen LogP contribution in [-0.2, 0) is 11.3 Å². The van der Waals surface area contributed by atoms with Crippen LogP contribution in [0.1, 0.15) is 53.2 Å². The number of carbonyl (C=O) groups is 2. The first kappa shape index (κ1) is 24.7. The van der Waals surface area contributed by atoms with Gasteiger partial charge >= 0.3 is 5.97 Å². The Balaban J connectivity index is 1.50. The van der Waals surface area contributed by atoms with E-state index in [2.05, 4.69) is 13.8 Å². The maximum atomic E-state index is 13.9. The van der Waals surface area contributed by atoms with Crippen LogP contribution in [0.25, 0.3) is 17.0 Å². The Morgan fingerprint density at radius 2 is 1.77 bits per heavy atom. The molecule has 2 aliphatic heterocycles. The predicted octanol–water partition coefficient (Wildman–Crippen LogP) is 5.72. The molecule has 1 atom stereocenters. The molecule has 0 saturated heterocycles. The van der Waals surface area contributed by atoms with Gasteiger partial charge in [0.1, 0.15) is 17.2 Å². The second-order valence-corrected chi connectivity index (χ2v) is 10.3. The second kappa shape index (κ2) is 9.58. The largest absolute Gasteiger partial charge is 0.497 e. The molecular weight excluding hydrogens is 494 g/mol. The average molecular weight is 522 g/mol. The van der Waals surface area contributed by atoms with Crippen LogP contribution in [0.3, 0.4) is 0 Å². The first-order valence-corrected chi connectivity index (χ1v) is 12.9. The molecule has 1 unspecified atom stereocenters. The Hall–Kier alpha value is -4.65. The lowest BCUT2D eigenvalue weighted by Crippen LogP contribution is -2.31. The highest BCUT2D eigenvalue weighted by molar-refractivity contribution is 6.15. The lowest BCUT2D eigenvalue weighted by atomic mass is 9.84. The van der Waals surface area contributed by atoms with Gasteiger partial charge in [-0.1, -0.05) is 44.2 Å². The highest BCUT2D eigenvalue weighted by Crippen LogP contribution is 2.48. The van der Waals surface area contributed by atoms with Gasteiger partial charge in [-0.2, -0.15) is 0 Å². The molecule has 4 aromatic rings. The number of hydrogen-bond acceptors (Lipinski definition) is 6. The van der Waals surface area contributed by atoms with Crippen molar-refractivity contribution in [3.05, 3.63) is 105 Å². The molecule has 7 nitrogen and oxygen atoms in total. The smallest absolute Gasteiger partial charge is 0.312 e. The van der Waals surface area contributed by atoms with E-state index < -0.39 is 11.9 Å². The lowest BCUT2D eigenvalue weighted by molar-refractivity contribution is -0.135. The molecule has 196 valence electrons. The van der Waals surface area contributed by atoms with Crippen LogP contribution in [0, 0.1) is 5.92 Å². The summed E-state index contributed by atoms with van der Waals surface area (Å²) in [4.78, 5) is 40.0. The van der Waals surface area contributed by atoms with Gasteiger partial charge in [0.25, 0.3) is 5.56 Å². The average Bonchev–Trinajstić information content (AvgIpc) is 3.24. The maximum absolute atomic E-state index is 13.9. The third kappa shape index (κ3) is 4.30. The van der Waals surface area contributed by atoms with Crippen molar-refractivity contribution < 1.29 is 23.8 Å². The lowest BCUT2D eigenvalue weighted by Gasteiger charge is -2.27. The van der Waals surface area contributed by atoms with Gasteiger partial charge in [-0.3, -0.25) is 14.4 Å². The SMILES string of the molecule is COc1ccc(/C=C2\Oc3c(ccc4c3C(c3cc5ccccc5n(CC(C)C)c3=O)CC(=O)O4)C2=O)cc1. The van der Waals surface area contributed by atoms with E-state index in [-0.39, 0.29) is 29.4 Å². The molecule has 2 aliphatic rings. The molecule has 1 aromatic heterocycles. The van der Waals surface area contributed by atoms with Gasteiger partial charge in [0.2, 0.25) is 5.78 Å². The first-order chi connectivity index (χ1) is 18.8. The van der Waals surface area contributed by atoms with Crippen LogP contribution in [0.4, 0.5) is 0 Å². The van der Waals surface area contributed by atoms with E-state index in [0.29, 0.717) is 40.5 Å². The van der Waals surface area contributed by atoms with Gasteiger partial charge in [-0.05, 0) is 59.3 Å². The van der Waals surface area contributed by atoms with E-state index in [1.54, 1.807) is 42.0 Å². The zero-order valence-corrected chi connectivity index (χ0v) is 21.9. The summed E-state index contributed by atoms with van der Waals surface area (Å²) in [5, 5.41) is 0.901. The molecule has 0 radical (unpaired) electrons. The topological polar surface area (TPSA) is 83.8 Å². The van der Waals surface area contributed by atoms with Gasteiger partial charge in [0.15, 0.2) is 5.76 Å². The zero-order valence-electron chi connectivity index (χ0n) is 21.9. The van der Waals surface area contributed by atoms with Crippen molar-refractivity contribution in [2.75, 3.05) is 7.11 Å². The predicted molar refractivity (Wildman–Crippen MR) is 148 cm³/mol. The number of Topliss-reactive ketones (excluding diaryl/α,β-unsaturated/α-hetero) is 1. The molecule has 7 heteroatoms. The Bertz CT molecular complexity index is 1730. The molecule has 0 aliphatic carbocycles. The summed E-state index contributed by atoms with van der Waals surface area (Å²) in [6.45, 7) is 4.65. The molecule has 0 amide bonds. The van der Waals surface area contributed by atoms with Crippen molar-refractivity contribution in [3.8, 4) is 17.2 Å². The van der Waals surface area contributed by atoms with Gasteiger partial charge in [-0.25, -0.2) is 0 Å². The molecule has 0 bridgehead atoms. The summed E-state index contributed by atoms with van der Waals surface area (Å²) in [5.41, 5.74) is 2.85. The van der Waals surface area contributed by atoms with Crippen molar-refractivity contribution in [2.45, 2.75) is 32.7 Å². The number of fused-ring (bicyclic) bond motifs is 4. The fourth-order valence-electron chi connectivity index (χ4n) is 5.37. The highest BCUT2D eigenvalue weighted by Gasteiger charge is 2.39. The Morgan fingerprint density at radius 3 is 2.51 bits per heavy atom. The minimum atomic E-state index is -0.625. The number of para-hydroxylation sites is 1. The monoisotopic (exact) mass is 521 g/mol. The summed E-state index contributed by atoms with van der Waals surface area (Å²) >= 11 is 0. The minimum absolute atomic E-state index is 0.0339. The van der Waals surface area contributed by atoms with Crippen molar-refractivity contribution in [1.29, 1.82) is 0 Å². The van der Waals surface area contributed by atoms with Crippen molar-refractivity contribution in [2.24, 2.45) is 5.92 Å². The number of allylic oxidation sites excluding steroid dienone is 1. The quantitative estimate of drug-likeness (QED) is 0.190. The van der Waals surface area contributed by atoms with E-state index in [0.717, 1.165) is 16.5 Å². The number of hydrogen-bond donors (Lipinski definition) is 0. The zero-order chi connectivity index (χ0) is 27.3. The van der Waals surface area contributed by atoms with Crippen LogP contribution in [-0.4, -0.2) is 23.4 Å². The molecule has 0 fully saturated rings. The first-order valence-electron chi connectivity index (χ1n) is 12.9. The van der Waals surface area contributed by atoms with Crippen molar-refractivity contribution >= 4 is 28.7 Å². The van der Waals surface area contributed by atoms with Gasteiger partial charge in [0, 0.05) is 23.6 Å². The fraction of sp³-hybridized carbons (Fsp3) is 0.219. The summed E-state index contributed by atoms with van der Waals surface area (Å²) in [6, 6.07) is 20.1. The number of rotatable bonds is 5. The van der Waals surface area contributed by atoms with Crippen LogP contribution >= 0.6 is 0 Å². The number of carbonyl (C=O) groups excluding carboxylic acids is 2. The second-order valence-electron chi connectivity index (χ2n) is 10.3. The van der Waals surface area contributed by atoms with Crippen molar-refractivity contribution in [3.63, 3.8) is 0 Å². The number of pyridine rings is 1. The molecule has 3 heterocycles. The van der Waals surface area contributed by atoms with E-state index >= 15 is 0 Å². The molecule has 3 aromatic carbocycles. The van der Waals surface area contributed by atoms with Crippen LogP contribution in [0.15, 0.2) is 77.3 Å². The van der Waals surface area contributed by atoms with Gasteiger partial charge in [0.05, 0.1) is 24.6 Å². The van der Waals surface area contributed by atoms with Crippen LogP contribution in [0.5, 0.6) is 17.2 Å². The van der Waals surface area contributed by atoms with Gasteiger partial charge < -0.3 is 18.8 Å². The van der Waals surface area contributed by atoms with E-state index in [9.17, 15) is 14.4 Å². The summed E-state index contributed by atoms with van der Waals surface area (Å²) in [5.74, 6) is 0.407. The fourth-order valence-corrected chi connectivity index (χ4v) is 5.37. The van der Waals surface area contributed by atoms with Gasteiger partial charge in [-0.15, -0.1) is 0 Å². The Labute approximate surface area is 225 Å². The van der Waals surface area contributed by atoms with E-state index in [4.69, 9.17) is 14.2 Å². The normalized spacial score (nSPS) is 17.2. The minimum Gasteiger partial charge on any atom is -0.497 e. The van der Waals surface area contributed by atoms with Crippen molar-refractivity contribution in [1.82, 2.24) is 4.57 Å². The number of benzene rings is 3. The van der Waals surface area contributed by atoms with Crippen LogP contribution in [0.2, 0.25) is 0 Å². The van der Waals surface area contributed by atoms with Crippen LogP contribution < -0.4 is 19.8 Å². The van der Waals surface area contributed by atoms with E-state index in [1.165, 1.54) is 0 Å². The summed E-state index contributed by atoms with van der Waals surface area (Å²) < 4.78 is 18.7. The number of nitrogens with zero attached hydrogens (tertiary/aromatic N) is 1. The molecular formula is C32H27NO6.